The molecule has 0 spiro atoms. The Morgan fingerprint density at radius 2 is 2.04 bits per heavy atom. The number of ether oxygens (including phenoxy) is 1. The Morgan fingerprint density at radius 1 is 1.29 bits per heavy atom. The van der Waals surface area contributed by atoms with Crippen molar-refractivity contribution in [3.05, 3.63) is 52.0 Å². The molecular formula is C17H20FNO3S2. The summed E-state index contributed by atoms with van der Waals surface area (Å²) < 4.78 is 46.7. The van der Waals surface area contributed by atoms with E-state index >= 15 is 0 Å². The normalized spacial score (nSPS) is 17.8. The van der Waals surface area contributed by atoms with Gasteiger partial charge in [0.1, 0.15) is 5.82 Å². The van der Waals surface area contributed by atoms with Crippen molar-refractivity contribution in [1.82, 2.24) is 4.72 Å². The third-order valence-corrected chi connectivity index (χ3v) is 7.05. The van der Waals surface area contributed by atoms with Gasteiger partial charge >= 0.3 is 0 Å². The van der Waals surface area contributed by atoms with Crippen LogP contribution in [-0.2, 0) is 20.2 Å². The molecule has 2 heterocycles. The topological polar surface area (TPSA) is 55.4 Å². The first-order chi connectivity index (χ1) is 11.4. The molecule has 0 unspecified atom stereocenters. The molecule has 0 aliphatic carbocycles. The van der Waals surface area contributed by atoms with Crippen LogP contribution < -0.4 is 4.72 Å². The third kappa shape index (κ3) is 3.54. The number of hydrogen-bond acceptors (Lipinski definition) is 4. The second-order valence-corrected chi connectivity index (χ2v) is 8.82. The van der Waals surface area contributed by atoms with Gasteiger partial charge < -0.3 is 4.74 Å². The minimum Gasteiger partial charge on any atom is -0.381 e. The monoisotopic (exact) mass is 369 g/mol. The number of nitrogens with one attached hydrogen (secondary N) is 1. The smallest absolute Gasteiger partial charge is 0.240 e. The summed E-state index contributed by atoms with van der Waals surface area (Å²) in [6.45, 7) is 3.11. The molecule has 0 radical (unpaired) electrons. The summed E-state index contributed by atoms with van der Waals surface area (Å²) in [4.78, 5) is 1.26. The van der Waals surface area contributed by atoms with Gasteiger partial charge in [-0.25, -0.2) is 17.5 Å². The first kappa shape index (κ1) is 17.5. The zero-order valence-electron chi connectivity index (χ0n) is 13.4. The summed E-state index contributed by atoms with van der Waals surface area (Å²) in [5, 5.41) is 2.00. The molecule has 1 aliphatic rings. The van der Waals surface area contributed by atoms with E-state index in [2.05, 4.69) is 4.72 Å². The second-order valence-electron chi connectivity index (χ2n) is 6.11. The number of thiophene rings is 1. The molecule has 1 aromatic heterocycles. The molecule has 130 valence electrons. The van der Waals surface area contributed by atoms with Crippen molar-refractivity contribution >= 4 is 21.4 Å². The van der Waals surface area contributed by atoms with Crippen LogP contribution in [-0.4, -0.2) is 28.2 Å². The Bertz CT molecular complexity index is 797. The molecule has 4 nitrogen and oxygen atoms in total. The zero-order valence-corrected chi connectivity index (χ0v) is 15.1. The van der Waals surface area contributed by atoms with Crippen LogP contribution in [0, 0.1) is 12.7 Å². The Morgan fingerprint density at radius 3 is 2.67 bits per heavy atom. The fourth-order valence-corrected chi connectivity index (χ4v) is 5.15. The van der Waals surface area contributed by atoms with E-state index in [1.807, 2.05) is 17.5 Å². The van der Waals surface area contributed by atoms with Gasteiger partial charge in [0.15, 0.2) is 0 Å². The lowest BCUT2D eigenvalue weighted by atomic mass is 9.79. The highest BCUT2D eigenvalue weighted by atomic mass is 32.2. The van der Waals surface area contributed by atoms with E-state index in [1.54, 1.807) is 18.3 Å². The minimum absolute atomic E-state index is 0.0924. The van der Waals surface area contributed by atoms with Crippen molar-refractivity contribution in [2.75, 3.05) is 19.8 Å². The van der Waals surface area contributed by atoms with Gasteiger partial charge in [-0.05, 0) is 55.0 Å². The van der Waals surface area contributed by atoms with Gasteiger partial charge in [0, 0.05) is 30.1 Å². The molecule has 1 aliphatic heterocycles. The number of halogens is 1. The summed E-state index contributed by atoms with van der Waals surface area (Å²) in [5.41, 5.74) is 0.0751. The van der Waals surface area contributed by atoms with Crippen molar-refractivity contribution in [3.63, 3.8) is 0 Å². The number of benzene rings is 1. The number of sulfonamides is 1. The maximum atomic E-state index is 13.4. The van der Waals surface area contributed by atoms with Gasteiger partial charge in [0.25, 0.3) is 0 Å². The first-order valence-corrected chi connectivity index (χ1v) is 10.2. The lowest BCUT2D eigenvalue weighted by molar-refractivity contribution is 0.0529. The lowest BCUT2D eigenvalue weighted by Gasteiger charge is -2.36. The Labute approximate surface area is 145 Å². The fourth-order valence-electron chi connectivity index (χ4n) is 2.95. The highest BCUT2D eigenvalue weighted by Gasteiger charge is 2.36. The van der Waals surface area contributed by atoms with E-state index in [4.69, 9.17) is 4.74 Å². The highest BCUT2D eigenvalue weighted by molar-refractivity contribution is 7.89. The first-order valence-electron chi connectivity index (χ1n) is 7.81. The van der Waals surface area contributed by atoms with Crippen LogP contribution in [0.5, 0.6) is 0 Å². The summed E-state index contributed by atoms with van der Waals surface area (Å²) in [7, 11) is -3.68. The molecule has 0 amide bonds. The van der Waals surface area contributed by atoms with Crippen LogP contribution in [0.25, 0.3) is 0 Å². The summed E-state index contributed by atoms with van der Waals surface area (Å²) in [6.07, 6.45) is 1.55. The van der Waals surface area contributed by atoms with Gasteiger partial charge in [-0.3, -0.25) is 0 Å². The van der Waals surface area contributed by atoms with E-state index in [-0.39, 0.29) is 10.3 Å². The summed E-state index contributed by atoms with van der Waals surface area (Å²) in [5.74, 6) is -0.409. The van der Waals surface area contributed by atoms with Crippen molar-refractivity contribution in [2.45, 2.75) is 30.1 Å². The Balaban J connectivity index is 1.82. The van der Waals surface area contributed by atoms with Gasteiger partial charge in [-0.2, -0.15) is 0 Å². The molecule has 1 N–H and O–H groups in total. The van der Waals surface area contributed by atoms with Crippen LogP contribution in [0.1, 0.15) is 23.3 Å². The molecule has 0 atom stereocenters. The number of aryl methyl sites for hydroxylation is 1. The number of hydrogen-bond donors (Lipinski definition) is 1. The molecule has 3 rings (SSSR count). The molecule has 1 fully saturated rings. The van der Waals surface area contributed by atoms with Crippen molar-refractivity contribution < 1.29 is 17.5 Å². The molecule has 0 bridgehead atoms. The Kier molecular flexibility index (Phi) is 5.05. The van der Waals surface area contributed by atoms with Crippen LogP contribution in [0.2, 0.25) is 0 Å². The summed E-state index contributed by atoms with van der Waals surface area (Å²) >= 11 is 1.64. The number of rotatable bonds is 5. The van der Waals surface area contributed by atoms with E-state index in [0.29, 0.717) is 25.3 Å². The van der Waals surface area contributed by atoms with Crippen molar-refractivity contribution in [3.8, 4) is 0 Å². The molecule has 7 heteroatoms. The summed E-state index contributed by atoms with van der Waals surface area (Å²) in [6, 6.07) is 7.88. The van der Waals surface area contributed by atoms with Crippen molar-refractivity contribution in [2.24, 2.45) is 0 Å². The van der Waals surface area contributed by atoms with Crippen LogP contribution in [0.3, 0.4) is 0 Å². The molecule has 2 aromatic rings. The van der Waals surface area contributed by atoms with E-state index < -0.39 is 15.8 Å². The Hall–Kier alpha value is -1.28. The highest BCUT2D eigenvalue weighted by Crippen LogP contribution is 2.37. The largest absolute Gasteiger partial charge is 0.381 e. The maximum Gasteiger partial charge on any atom is 0.240 e. The van der Waals surface area contributed by atoms with Gasteiger partial charge in [0.2, 0.25) is 10.0 Å². The second kappa shape index (κ2) is 6.92. The van der Waals surface area contributed by atoms with E-state index in [1.165, 1.54) is 23.1 Å². The average Bonchev–Trinajstić information content (AvgIpc) is 3.12. The van der Waals surface area contributed by atoms with Gasteiger partial charge in [0.05, 0.1) is 4.90 Å². The van der Waals surface area contributed by atoms with Gasteiger partial charge in [-0.1, -0.05) is 6.07 Å². The minimum atomic E-state index is -3.68. The predicted octanol–water partition coefficient (Wildman–Crippen LogP) is 3.22. The molecule has 1 aromatic carbocycles. The van der Waals surface area contributed by atoms with Crippen LogP contribution in [0.15, 0.2) is 40.6 Å². The third-order valence-electron chi connectivity index (χ3n) is 4.53. The fraction of sp³-hybridized carbons (Fsp3) is 0.412. The van der Waals surface area contributed by atoms with Crippen molar-refractivity contribution in [1.29, 1.82) is 0 Å². The van der Waals surface area contributed by atoms with Crippen LogP contribution >= 0.6 is 11.3 Å². The molecule has 24 heavy (non-hydrogen) atoms. The lowest BCUT2D eigenvalue weighted by Crippen LogP contribution is -2.44. The molecule has 0 saturated carbocycles. The van der Waals surface area contributed by atoms with Gasteiger partial charge in [-0.15, -0.1) is 11.3 Å². The SMILES string of the molecule is Cc1cc(S(=O)(=O)NCC2(c3cccs3)CCOCC2)ccc1F. The molecule has 1 saturated heterocycles. The maximum absolute atomic E-state index is 13.4. The predicted molar refractivity (Wildman–Crippen MR) is 92.4 cm³/mol. The zero-order chi connectivity index (χ0) is 17.2. The van der Waals surface area contributed by atoms with Crippen LogP contribution in [0.4, 0.5) is 4.39 Å². The van der Waals surface area contributed by atoms with E-state index in [9.17, 15) is 12.8 Å². The van der Waals surface area contributed by atoms with E-state index in [0.717, 1.165) is 12.8 Å². The average molecular weight is 369 g/mol. The quantitative estimate of drug-likeness (QED) is 0.880. The standard InChI is InChI=1S/C17H20FNO3S2/c1-13-11-14(4-5-15(13)18)24(20,21)19-12-17(6-8-22-9-7-17)16-3-2-10-23-16/h2-5,10-11,19H,6-9,12H2,1H3. The molecular weight excluding hydrogens is 349 g/mol.